The van der Waals surface area contributed by atoms with Crippen molar-refractivity contribution >= 4 is 11.6 Å². The second-order valence-electron chi connectivity index (χ2n) is 4.36. The zero-order chi connectivity index (χ0) is 13.2. The molecule has 8 nitrogen and oxygen atoms in total. The number of nitro groups is 1. The molecule has 1 amide bonds. The third kappa shape index (κ3) is 3.25. The molecule has 0 aliphatic rings. The third-order valence-electron chi connectivity index (χ3n) is 2.00. The molecule has 0 aliphatic heterocycles. The van der Waals surface area contributed by atoms with Crippen LogP contribution < -0.4 is 0 Å². The predicted molar refractivity (Wildman–Crippen MR) is 58.5 cm³/mol. The molecule has 0 bridgehead atoms. The van der Waals surface area contributed by atoms with Gasteiger partial charge in [-0.1, -0.05) is 0 Å². The minimum absolute atomic E-state index is 0.0575. The summed E-state index contributed by atoms with van der Waals surface area (Å²) in [6.07, 6.45) is 0.977. The first kappa shape index (κ1) is 13.1. The van der Waals surface area contributed by atoms with Gasteiger partial charge in [0, 0.05) is 13.6 Å². The van der Waals surface area contributed by atoms with E-state index >= 15 is 0 Å². The molecule has 1 rings (SSSR count). The molecule has 17 heavy (non-hydrogen) atoms. The molecule has 0 unspecified atom stereocenters. The summed E-state index contributed by atoms with van der Waals surface area (Å²) in [5.74, 6) is -0.587. The number of nitrogens with one attached hydrogen (secondary N) is 1. The minimum Gasteiger partial charge on any atom is -0.389 e. The number of amides is 1. The van der Waals surface area contributed by atoms with Gasteiger partial charge in [0.2, 0.25) is 5.69 Å². The Morgan fingerprint density at radius 2 is 2.29 bits per heavy atom. The number of rotatable bonds is 4. The molecule has 1 aromatic rings. The summed E-state index contributed by atoms with van der Waals surface area (Å²) >= 11 is 0. The van der Waals surface area contributed by atoms with Gasteiger partial charge in [0.15, 0.2) is 0 Å². The summed E-state index contributed by atoms with van der Waals surface area (Å²) < 4.78 is 0. The smallest absolute Gasteiger partial charge is 0.319 e. The Labute approximate surface area is 97.4 Å². The highest BCUT2D eigenvalue weighted by Crippen LogP contribution is 2.17. The van der Waals surface area contributed by atoms with Gasteiger partial charge in [-0.05, 0) is 13.8 Å². The minimum atomic E-state index is -1.07. The van der Waals surface area contributed by atoms with Gasteiger partial charge in [-0.25, -0.2) is 0 Å². The molecule has 94 valence electrons. The van der Waals surface area contributed by atoms with Crippen molar-refractivity contribution in [1.29, 1.82) is 0 Å². The number of H-pyrrole nitrogens is 1. The van der Waals surface area contributed by atoms with Crippen LogP contribution in [0, 0.1) is 10.1 Å². The van der Waals surface area contributed by atoms with E-state index in [2.05, 4.69) is 10.2 Å². The molecule has 2 N–H and O–H groups in total. The first-order valence-electron chi connectivity index (χ1n) is 4.88. The highest BCUT2D eigenvalue weighted by atomic mass is 16.6. The number of nitrogens with zero attached hydrogens (tertiary/aromatic N) is 3. The van der Waals surface area contributed by atoms with Crippen molar-refractivity contribution in [3.63, 3.8) is 0 Å². The summed E-state index contributed by atoms with van der Waals surface area (Å²) in [6, 6.07) is 0. The van der Waals surface area contributed by atoms with Gasteiger partial charge in [-0.3, -0.25) is 20.0 Å². The van der Waals surface area contributed by atoms with Crippen LogP contribution in [-0.2, 0) is 0 Å². The first-order chi connectivity index (χ1) is 7.72. The molecule has 8 heteroatoms. The molecular weight excluding hydrogens is 228 g/mol. The van der Waals surface area contributed by atoms with E-state index in [0.717, 1.165) is 6.20 Å². The Kier molecular flexibility index (Phi) is 3.47. The van der Waals surface area contributed by atoms with Crippen molar-refractivity contribution in [3.8, 4) is 0 Å². The van der Waals surface area contributed by atoms with Crippen molar-refractivity contribution < 1.29 is 14.8 Å². The molecule has 1 heterocycles. The Hall–Kier alpha value is -1.96. The molecule has 0 fully saturated rings. The highest BCUT2D eigenvalue weighted by Gasteiger charge is 2.27. The van der Waals surface area contributed by atoms with Crippen molar-refractivity contribution in [3.05, 3.63) is 22.0 Å². The average molecular weight is 242 g/mol. The van der Waals surface area contributed by atoms with Crippen LogP contribution in [0.15, 0.2) is 6.20 Å². The number of carbonyl (C=O) groups excluding carboxylic acids is 1. The van der Waals surface area contributed by atoms with Crippen molar-refractivity contribution in [2.24, 2.45) is 0 Å². The molecule has 1 aromatic heterocycles. The molecule has 0 spiro atoms. The van der Waals surface area contributed by atoms with E-state index in [1.54, 1.807) is 0 Å². The van der Waals surface area contributed by atoms with Crippen LogP contribution in [0.5, 0.6) is 0 Å². The fourth-order valence-corrected chi connectivity index (χ4v) is 1.42. The largest absolute Gasteiger partial charge is 0.389 e. The van der Waals surface area contributed by atoms with Gasteiger partial charge in [-0.15, -0.1) is 0 Å². The van der Waals surface area contributed by atoms with Gasteiger partial charge in [0.05, 0.1) is 10.5 Å². The standard InChI is InChI=1S/C9H14N4O4/c1-9(2,15)5-12(3)8(14)7-6(13(16)17)4-10-11-7/h4,15H,5H2,1-3H3,(H,10,11). The lowest BCUT2D eigenvalue weighted by Gasteiger charge is -2.24. The maximum absolute atomic E-state index is 11.8. The van der Waals surface area contributed by atoms with E-state index in [0.29, 0.717) is 0 Å². The lowest BCUT2D eigenvalue weighted by molar-refractivity contribution is -0.385. The first-order valence-corrected chi connectivity index (χ1v) is 4.88. The number of aliphatic hydroxyl groups is 1. The SMILES string of the molecule is CN(CC(C)(C)O)C(=O)c1[nH]ncc1[N+](=O)[O-]. The summed E-state index contributed by atoms with van der Waals surface area (Å²) in [7, 11) is 1.45. The summed E-state index contributed by atoms with van der Waals surface area (Å²) in [6.45, 7) is 3.14. The van der Waals surface area contributed by atoms with Crippen molar-refractivity contribution in [2.45, 2.75) is 19.4 Å². The topological polar surface area (TPSA) is 112 Å². The van der Waals surface area contributed by atoms with Gasteiger partial charge in [0.25, 0.3) is 5.91 Å². The van der Waals surface area contributed by atoms with E-state index in [4.69, 9.17) is 0 Å². The number of hydrogen-bond donors (Lipinski definition) is 2. The lowest BCUT2D eigenvalue weighted by atomic mass is 10.1. The summed E-state index contributed by atoms with van der Waals surface area (Å²) in [5, 5.41) is 25.9. The molecule has 0 aromatic carbocycles. The van der Waals surface area contributed by atoms with Gasteiger partial charge >= 0.3 is 5.69 Å². The molecule has 0 saturated heterocycles. The maximum atomic E-state index is 11.8. The second kappa shape index (κ2) is 4.50. The average Bonchev–Trinajstić information content (AvgIpc) is 2.61. The van der Waals surface area contributed by atoms with E-state index in [1.165, 1.54) is 25.8 Å². The van der Waals surface area contributed by atoms with Crippen LogP contribution in [0.4, 0.5) is 5.69 Å². The van der Waals surface area contributed by atoms with Crippen LogP contribution in [0.3, 0.4) is 0 Å². The van der Waals surface area contributed by atoms with Crippen LogP contribution >= 0.6 is 0 Å². The fraction of sp³-hybridized carbons (Fsp3) is 0.556. The molecule has 0 saturated carbocycles. The Balaban J connectivity index is 2.89. The molecule has 0 radical (unpaired) electrons. The van der Waals surface area contributed by atoms with Gasteiger partial charge in [-0.2, -0.15) is 5.10 Å². The van der Waals surface area contributed by atoms with Crippen molar-refractivity contribution in [2.75, 3.05) is 13.6 Å². The molecule has 0 aliphatic carbocycles. The van der Waals surface area contributed by atoms with E-state index in [-0.39, 0.29) is 17.9 Å². The Morgan fingerprint density at radius 3 is 2.76 bits per heavy atom. The number of aromatic nitrogens is 2. The van der Waals surface area contributed by atoms with E-state index in [9.17, 15) is 20.0 Å². The molecular formula is C9H14N4O4. The van der Waals surface area contributed by atoms with Crippen molar-refractivity contribution in [1.82, 2.24) is 15.1 Å². The quantitative estimate of drug-likeness (QED) is 0.577. The Bertz CT molecular complexity index is 434. The number of hydrogen-bond acceptors (Lipinski definition) is 5. The monoisotopic (exact) mass is 242 g/mol. The number of aromatic amines is 1. The lowest BCUT2D eigenvalue weighted by Crippen LogP contribution is -2.40. The third-order valence-corrected chi connectivity index (χ3v) is 2.00. The Morgan fingerprint density at radius 1 is 1.71 bits per heavy atom. The van der Waals surface area contributed by atoms with Crippen LogP contribution in [-0.4, -0.2) is 50.2 Å². The van der Waals surface area contributed by atoms with E-state index < -0.39 is 16.4 Å². The fourth-order valence-electron chi connectivity index (χ4n) is 1.42. The summed E-state index contributed by atoms with van der Waals surface area (Å²) in [5.41, 5.74) is -1.64. The normalized spacial score (nSPS) is 11.3. The number of carbonyl (C=O) groups is 1. The highest BCUT2D eigenvalue weighted by molar-refractivity contribution is 5.95. The summed E-state index contributed by atoms with van der Waals surface area (Å²) in [4.78, 5) is 23.0. The van der Waals surface area contributed by atoms with Gasteiger partial charge < -0.3 is 10.0 Å². The maximum Gasteiger partial charge on any atom is 0.319 e. The zero-order valence-corrected chi connectivity index (χ0v) is 9.80. The van der Waals surface area contributed by atoms with Crippen LogP contribution in [0.1, 0.15) is 24.3 Å². The van der Waals surface area contributed by atoms with Crippen LogP contribution in [0.2, 0.25) is 0 Å². The van der Waals surface area contributed by atoms with Crippen LogP contribution in [0.25, 0.3) is 0 Å². The molecule has 0 atom stereocenters. The van der Waals surface area contributed by atoms with E-state index in [1.807, 2.05) is 0 Å². The zero-order valence-electron chi connectivity index (χ0n) is 9.80. The second-order valence-corrected chi connectivity index (χ2v) is 4.36. The van der Waals surface area contributed by atoms with Gasteiger partial charge in [0.1, 0.15) is 6.20 Å². The predicted octanol–water partition coefficient (Wildman–Crippen LogP) is 0.161. The number of likely N-dealkylation sites (N-methyl/N-ethyl adjacent to an activating group) is 1.